The third-order valence-corrected chi connectivity index (χ3v) is 6.88. The van der Waals surface area contributed by atoms with E-state index in [9.17, 15) is 9.59 Å². The van der Waals surface area contributed by atoms with Gasteiger partial charge < -0.3 is 10.4 Å². The molecule has 0 saturated heterocycles. The van der Waals surface area contributed by atoms with Crippen molar-refractivity contribution in [1.82, 2.24) is 15.1 Å². The number of nitrogens with one attached hydrogen (secondary N) is 1. The summed E-state index contributed by atoms with van der Waals surface area (Å²) in [4.78, 5) is 28.0. The summed E-state index contributed by atoms with van der Waals surface area (Å²) in [5, 5.41) is 17.4. The monoisotopic (exact) mass is 546 g/mol. The van der Waals surface area contributed by atoms with Gasteiger partial charge in [0.1, 0.15) is 0 Å². The zero-order valence-electron chi connectivity index (χ0n) is 20.5. The molecule has 0 fully saturated rings. The first-order valence-corrected chi connectivity index (χ1v) is 12.9. The molecule has 4 aromatic rings. The molecule has 0 bridgehead atoms. The zero-order chi connectivity index (χ0) is 26.8. The van der Waals surface area contributed by atoms with Crippen LogP contribution in [0, 0.1) is 0 Å². The first-order valence-electron chi connectivity index (χ1n) is 12.1. The number of carbonyl (C=O) groups is 2. The van der Waals surface area contributed by atoms with Gasteiger partial charge in [0.25, 0.3) is 5.91 Å². The maximum Gasteiger partial charge on any atom is 0.305 e. The van der Waals surface area contributed by atoms with Crippen LogP contribution >= 0.6 is 23.2 Å². The van der Waals surface area contributed by atoms with Crippen molar-refractivity contribution in [2.75, 3.05) is 6.54 Å². The molecule has 1 unspecified atom stereocenters. The van der Waals surface area contributed by atoms with Gasteiger partial charge in [0.05, 0.1) is 35.2 Å². The van der Waals surface area contributed by atoms with E-state index in [0.717, 1.165) is 39.5 Å². The Bertz CT molecular complexity index is 1540. The van der Waals surface area contributed by atoms with Crippen LogP contribution in [0.1, 0.15) is 46.6 Å². The Hall–Kier alpha value is -3.94. The van der Waals surface area contributed by atoms with Crippen LogP contribution in [0.4, 0.5) is 5.69 Å². The molecule has 1 aliphatic rings. The van der Waals surface area contributed by atoms with Crippen LogP contribution in [0.2, 0.25) is 10.0 Å². The molecular formula is C29H24Cl2N4O3. The Balaban J connectivity index is 1.48. The van der Waals surface area contributed by atoms with Crippen LogP contribution in [0.25, 0.3) is 11.3 Å². The number of rotatable bonds is 8. The molecule has 3 aromatic carbocycles. The molecule has 0 aliphatic carbocycles. The normalized spacial score (nSPS) is 13.1. The molecule has 9 heteroatoms. The van der Waals surface area contributed by atoms with Crippen molar-refractivity contribution in [3.05, 3.63) is 105 Å². The molecule has 1 atom stereocenters. The predicted octanol–water partition coefficient (Wildman–Crippen LogP) is 6.35. The Labute approximate surface area is 229 Å². The van der Waals surface area contributed by atoms with Gasteiger partial charge in [-0.25, -0.2) is 0 Å². The van der Waals surface area contributed by atoms with Crippen LogP contribution in [-0.2, 0) is 11.2 Å². The third-order valence-electron chi connectivity index (χ3n) is 6.44. The van der Waals surface area contributed by atoms with Crippen LogP contribution in [-0.4, -0.2) is 39.0 Å². The molecule has 38 heavy (non-hydrogen) atoms. The molecule has 0 saturated carbocycles. The van der Waals surface area contributed by atoms with E-state index in [1.165, 1.54) is 0 Å². The quantitative estimate of drug-likeness (QED) is 0.269. The number of aromatic nitrogens is 2. The number of aliphatic imine (C=N–C) groups is 1. The van der Waals surface area contributed by atoms with Crippen molar-refractivity contribution in [3.63, 3.8) is 0 Å². The fourth-order valence-electron chi connectivity index (χ4n) is 4.47. The average Bonchev–Trinajstić information content (AvgIpc) is 3.52. The van der Waals surface area contributed by atoms with Crippen LogP contribution < -0.4 is 5.32 Å². The molecule has 7 nitrogen and oxygen atoms in total. The van der Waals surface area contributed by atoms with Crippen LogP contribution in [0.3, 0.4) is 0 Å². The minimum Gasteiger partial charge on any atom is -0.481 e. The van der Waals surface area contributed by atoms with Crippen molar-refractivity contribution in [3.8, 4) is 11.3 Å². The van der Waals surface area contributed by atoms with Crippen molar-refractivity contribution in [1.29, 1.82) is 0 Å². The van der Waals surface area contributed by atoms with E-state index in [2.05, 4.69) is 11.4 Å². The lowest BCUT2D eigenvalue weighted by molar-refractivity contribution is -0.136. The van der Waals surface area contributed by atoms with E-state index in [4.69, 9.17) is 38.4 Å². The van der Waals surface area contributed by atoms with Crippen molar-refractivity contribution >= 4 is 46.5 Å². The second-order valence-electron chi connectivity index (χ2n) is 9.08. The number of aliphatic carboxylic acids is 1. The van der Waals surface area contributed by atoms with E-state index in [0.29, 0.717) is 22.0 Å². The molecule has 192 valence electrons. The van der Waals surface area contributed by atoms with Crippen LogP contribution in [0.5, 0.6) is 0 Å². The van der Waals surface area contributed by atoms with E-state index in [1.54, 1.807) is 18.2 Å². The highest BCUT2D eigenvalue weighted by Gasteiger charge is 2.24. The van der Waals surface area contributed by atoms with Gasteiger partial charge in [0, 0.05) is 34.1 Å². The lowest BCUT2D eigenvalue weighted by atomic mass is 10.0. The summed E-state index contributed by atoms with van der Waals surface area (Å²) in [5.41, 5.74) is 6.85. The van der Waals surface area contributed by atoms with Crippen molar-refractivity contribution in [2.24, 2.45) is 4.99 Å². The fourth-order valence-corrected chi connectivity index (χ4v) is 5.00. The highest BCUT2D eigenvalue weighted by molar-refractivity contribution is 6.35. The van der Waals surface area contributed by atoms with Gasteiger partial charge in [-0.05, 0) is 60.5 Å². The fraction of sp³-hybridized carbons (Fsp3) is 0.172. The number of hydrogen-bond donors (Lipinski definition) is 2. The number of amides is 1. The lowest BCUT2D eigenvalue weighted by Crippen LogP contribution is -2.26. The number of fused-ring (bicyclic) bond motifs is 1. The third kappa shape index (κ3) is 5.49. The summed E-state index contributed by atoms with van der Waals surface area (Å²) in [7, 11) is 0. The molecule has 2 N–H and O–H groups in total. The summed E-state index contributed by atoms with van der Waals surface area (Å²) >= 11 is 12.6. The standard InChI is InChI=1S/C29H24Cl2N4O3/c1-17(18-6-8-19(9-7-18)29(38)32-11-10-28(36)37)35-27(26-14-20-4-2-3-5-24(20)33-26)16-25(34-35)21-12-22(30)15-23(31)13-21/h2-9,12-13,15-17H,10-11,14H2,1H3,(H,32,38)(H,36,37). The molecule has 1 amide bonds. The summed E-state index contributed by atoms with van der Waals surface area (Å²) < 4.78 is 1.94. The minimum atomic E-state index is -0.959. The maximum atomic E-state index is 12.4. The Morgan fingerprint density at radius 1 is 1.03 bits per heavy atom. The Morgan fingerprint density at radius 2 is 1.74 bits per heavy atom. The lowest BCUT2D eigenvalue weighted by Gasteiger charge is -2.17. The second-order valence-corrected chi connectivity index (χ2v) is 9.95. The molecule has 2 heterocycles. The largest absolute Gasteiger partial charge is 0.481 e. The second kappa shape index (κ2) is 10.8. The average molecular weight is 547 g/mol. The first kappa shape index (κ1) is 25.7. The summed E-state index contributed by atoms with van der Waals surface area (Å²) in [6, 6.07) is 22.5. The summed E-state index contributed by atoms with van der Waals surface area (Å²) in [5.74, 6) is -1.28. The van der Waals surface area contributed by atoms with E-state index >= 15 is 0 Å². The number of carboxylic acid groups (broad SMARTS) is 1. The molecular weight excluding hydrogens is 523 g/mol. The molecule has 5 rings (SSSR count). The van der Waals surface area contributed by atoms with Gasteiger partial charge in [-0.1, -0.05) is 53.5 Å². The zero-order valence-corrected chi connectivity index (χ0v) is 22.0. The Morgan fingerprint density at radius 3 is 2.42 bits per heavy atom. The van der Waals surface area contributed by atoms with Gasteiger partial charge in [0.15, 0.2) is 0 Å². The predicted molar refractivity (Wildman–Crippen MR) is 149 cm³/mol. The van der Waals surface area contributed by atoms with Gasteiger partial charge in [-0.2, -0.15) is 5.10 Å². The highest BCUT2D eigenvalue weighted by atomic mass is 35.5. The number of benzene rings is 3. The SMILES string of the molecule is CC(c1ccc(C(=O)NCCC(=O)O)cc1)n1nc(-c2cc(Cl)cc(Cl)c2)cc1C1=Nc2ccccc2C1. The molecule has 0 radical (unpaired) electrons. The number of nitrogens with zero attached hydrogens (tertiary/aromatic N) is 3. The number of hydrogen-bond acceptors (Lipinski definition) is 4. The van der Waals surface area contributed by atoms with Gasteiger partial charge in [-0.3, -0.25) is 19.3 Å². The maximum absolute atomic E-state index is 12.4. The summed E-state index contributed by atoms with van der Waals surface area (Å²) in [6.45, 7) is 2.11. The van der Waals surface area contributed by atoms with Gasteiger partial charge >= 0.3 is 5.97 Å². The minimum absolute atomic E-state index is 0.0732. The van der Waals surface area contributed by atoms with Gasteiger partial charge in [-0.15, -0.1) is 0 Å². The van der Waals surface area contributed by atoms with E-state index in [-0.39, 0.29) is 24.9 Å². The van der Waals surface area contributed by atoms with Crippen LogP contribution in [0.15, 0.2) is 77.8 Å². The smallest absolute Gasteiger partial charge is 0.305 e. The topological polar surface area (TPSA) is 96.6 Å². The molecule has 1 aromatic heterocycles. The van der Waals surface area contributed by atoms with Crippen molar-refractivity contribution in [2.45, 2.75) is 25.8 Å². The Kier molecular flexibility index (Phi) is 7.31. The molecule has 1 aliphatic heterocycles. The summed E-state index contributed by atoms with van der Waals surface area (Å²) in [6.07, 6.45) is 0.566. The van der Waals surface area contributed by atoms with E-state index in [1.807, 2.05) is 60.1 Å². The first-order chi connectivity index (χ1) is 18.3. The highest BCUT2D eigenvalue weighted by Crippen LogP contribution is 2.33. The van der Waals surface area contributed by atoms with Crippen molar-refractivity contribution < 1.29 is 14.7 Å². The number of para-hydroxylation sites is 1. The number of halogens is 2. The number of carboxylic acids is 1. The van der Waals surface area contributed by atoms with Gasteiger partial charge in [0.2, 0.25) is 0 Å². The number of carbonyl (C=O) groups excluding carboxylic acids is 1. The molecule has 0 spiro atoms. The van der Waals surface area contributed by atoms with E-state index < -0.39 is 5.97 Å².